The first-order valence-corrected chi connectivity index (χ1v) is 4.93. The molecule has 2 unspecified atom stereocenters. The van der Waals surface area contributed by atoms with E-state index < -0.39 is 0 Å². The maximum Gasteiger partial charge on any atom is 0.0145 e. The second kappa shape index (κ2) is 4.40. The summed E-state index contributed by atoms with van der Waals surface area (Å²) in [6, 6.07) is 0.300. The van der Waals surface area contributed by atoms with Gasteiger partial charge in [0.25, 0.3) is 0 Å². The Hall–Kier alpha value is -0.120. The molecule has 0 aliphatic heterocycles. The van der Waals surface area contributed by atoms with E-state index in [2.05, 4.69) is 26.5 Å². The molecule has 6 N–H and O–H groups in total. The van der Waals surface area contributed by atoms with E-state index in [0.717, 1.165) is 19.3 Å². The molecule has 1 aliphatic carbocycles. The molecule has 0 spiro atoms. The fourth-order valence-corrected chi connectivity index (χ4v) is 2.62. The Bertz CT molecular complexity index is 136. The van der Waals surface area contributed by atoms with Crippen LogP contribution in [0.25, 0.3) is 0 Å². The molecule has 1 saturated carbocycles. The third-order valence-electron chi connectivity index (χ3n) is 2.43. The number of hydrogen-bond donors (Lipinski definition) is 3. The Morgan fingerprint density at radius 1 is 1.08 bits per heavy atom. The van der Waals surface area contributed by atoms with Gasteiger partial charge in [-0.25, -0.2) is 0 Å². The molecule has 3 heteroatoms. The summed E-state index contributed by atoms with van der Waals surface area (Å²) in [4.78, 5) is 0. The van der Waals surface area contributed by atoms with E-state index in [1.807, 2.05) is 0 Å². The highest BCUT2D eigenvalue weighted by Gasteiger charge is 2.37. The van der Waals surface area contributed by atoms with E-state index in [4.69, 9.17) is 11.5 Å². The van der Waals surface area contributed by atoms with Gasteiger partial charge in [-0.05, 0) is 38.6 Å². The first-order valence-electron chi connectivity index (χ1n) is 4.93. The van der Waals surface area contributed by atoms with Crippen LogP contribution in [-0.2, 0) is 0 Å². The maximum absolute atomic E-state index is 6.06. The normalized spacial score (nSPS) is 37.6. The summed E-state index contributed by atoms with van der Waals surface area (Å²) in [5.74, 6) is 0. The summed E-state index contributed by atoms with van der Waals surface area (Å²) >= 11 is 0. The standard InChI is InChI=1S/C9H20N2.CH5N/c1-8(2)4-7(10)5-9(3,11)6-8;1-2/h7H,4-6,10-11H2,1-3H3;2H2,1H3. The quantitative estimate of drug-likeness (QED) is 0.525. The van der Waals surface area contributed by atoms with Crippen LogP contribution >= 0.6 is 0 Å². The van der Waals surface area contributed by atoms with E-state index >= 15 is 0 Å². The molecule has 0 amide bonds. The molecule has 0 radical (unpaired) electrons. The van der Waals surface area contributed by atoms with Gasteiger partial charge in [0.1, 0.15) is 0 Å². The number of hydrogen-bond acceptors (Lipinski definition) is 3. The Balaban J connectivity index is 0.000000671. The van der Waals surface area contributed by atoms with Crippen molar-refractivity contribution in [2.45, 2.75) is 51.6 Å². The SMILES string of the molecule is CC1(C)CC(N)CC(C)(N)C1.CN. The Morgan fingerprint density at radius 2 is 1.54 bits per heavy atom. The minimum absolute atomic E-state index is 0.0405. The third kappa shape index (κ3) is 4.60. The monoisotopic (exact) mass is 187 g/mol. The van der Waals surface area contributed by atoms with Crippen molar-refractivity contribution < 1.29 is 0 Å². The molecule has 2 atom stereocenters. The zero-order valence-electron chi connectivity index (χ0n) is 9.43. The molecule has 3 nitrogen and oxygen atoms in total. The molecule has 1 rings (SSSR count). The van der Waals surface area contributed by atoms with Crippen LogP contribution in [0.15, 0.2) is 0 Å². The van der Waals surface area contributed by atoms with Crippen molar-refractivity contribution in [3.05, 3.63) is 0 Å². The molecule has 1 aliphatic rings. The average molecular weight is 187 g/mol. The maximum atomic E-state index is 6.06. The molecule has 0 aromatic rings. The van der Waals surface area contributed by atoms with Gasteiger partial charge in [-0.15, -0.1) is 0 Å². The van der Waals surface area contributed by atoms with Crippen molar-refractivity contribution in [3.8, 4) is 0 Å². The molecule has 13 heavy (non-hydrogen) atoms. The van der Waals surface area contributed by atoms with E-state index in [9.17, 15) is 0 Å². The highest BCUT2D eigenvalue weighted by Crippen LogP contribution is 2.38. The topological polar surface area (TPSA) is 78.1 Å². The molecule has 0 bridgehead atoms. The van der Waals surface area contributed by atoms with Gasteiger partial charge in [-0.1, -0.05) is 13.8 Å². The minimum atomic E-state index is -0.0405. The van der Waals surface area contributed by atoms with Crippen molar-refractivity contribution in [2.24, 2.45) is 22.6 Å². The highest BCUT2D eigenvalue weighted by atomic mass is 14.8. The summed E-state index contributed by atoms with van der Waals surface area (Å²) < 4.78 is 0. The van der Waals surface area contributed by atoms with Crippen LogP contribution < -0.4 is 17.2 Å². The Labute approximate surface area is 82.0 Å². The van der Waals surface area contributed by atoms with Crippen LogP contribution in [0.2, 0.25) is 0 Å². The lowest BCUT2D eigenvalue weighted by Gasteiger charge is -2.43. The first kappa shape index (κ1) is 12.9. The van der Waals surface area contributed by atoms with Gasteiger partial charge >= 0.3 is 0 Å². The minimum Gasteiger partial charge on any atom is -0.333 e. The third-order valence-corrected chi connectivity index (χ3v) is 2.43. The lowest BCUT2D eigenvalue weighted by atomic mass is 9.67. The summed E-state index contributed by atoms with van der Waals surface area (Å²) in [5, 5.41) is 0. The van der Waals surface area contributed by atoms with Crippen LogP contribution in [-0.4, -0.2) is 18.6 Å². The predicted molar refractivity (Wildman–Crippen MR) is 58.3 cm³/mol. The smallest absolute Gasteiger partial charge is 0.0145 e. The van der Waals surface area contributed by atoms with Crippen molar-refractivity contribution in [1.29, 1.82) is 0 Å². The van der Waals surface area contributed by atoms with Gasteiger partial charge in [0.15, 0.2) is 0 Å². The van der Waals surface area contributed by atoms with E-state index in [0.29, 0.717) is 11.5 Å². The van der Waals surface area contributed by atoms with Crippen molar-refractivity contribution in [1.82, 2.24) is 0 Å². The highest BCUT2D eigenvalue weighted by molar-refractivity contribution is 4.95. The molecule has 0 aromatic carbocycles. The van der Waals surface area contributed by atoms with E-state index in [1.165, 1.54) is 7.05 Å². The number of nitrogens with two attached hydrogens (primary N) is 3. The summed E-state index contributed by atoms with van der Waals surface area (Å²) in [7, 11) is 1.50. The second-order valence-electron chi connectivity index (χ2n) is 5.16. The van der Waals surface area contributed by atoms with Crippen molar-refractivity contribution >= 4 is 0 Å². The zero-order valence-corrected chi connectivity index (χ0v) is 9.43. The molecule has 0 saturated heterocycles. The Kier molecular flexibility index (Phi) is 4.36. The van der Waals surface area contributed by atoms with Gasteiger partial charge in [0, 0.05) is 11.6 Å². The second-order valence-corrected chi connectivity index (χ2v) is 5.16. The predicted octanol–water partition coefficient (Wildman–Crippen LogP) is 0.816. The molecule has 0 aromatic heterocycles. The van der Waals surface area contributed by atoms with Gasteiger partial charge in [0.2, 0.25) is 0 Å². The molecular formula is C10H25N3. The average Bonchev–Trinajstić information content (AvgIpc) is 1.82. The van der Waals surface area contributed by atoms with Crippen LogP contribution in [0.5, 0.6) is 0 Å². The van der Waals surface area contributed by atoms with Crippen molar-refractivity contribution in [3.63, 3.8) is 0 Å². The van der Waals surface area contributed by atoms with Gasteiger partial charge in [0.05, 0.1) is 0 Å². The molecule has 1 fully saturated rings. The van der Waals surface area contributed by atoms with Crippen LogP contribution in [0.4, 0.5) is 0 Å². The molecular weight excluding hydrogens is 162 g/mol. The molecule has 80 valence electrons. The van der Waals surface area contributed by atoms with E-state index in [1.54, 1.807) is 0 Å². The summed E-state index contributed by atoms with van der Waals surface area (Å²) in [6.07, 6.45) is 3.17. The number of rotatable bonds is 0. The van der Waals surface area contributed by atoms with Crippen LogP contribution in [0, 0.1) is 5.41 Å². The van der Waals surface area contributed by atoms with Crippen molar-refractivity contribution in [2.75, 3.05) is 7.05 Å². The lowest BCUT2D eigenvalue weighted by Crippen LogP contribution is -2.51. The van der Waals surface area contributed by atoms with Gasteiger partial charge < -0.3 is 17.2 Å². The molecule has 0 heterocycles. The Morgan fingerprint density at radius 3 is 1.85 bits per heavy atom. The zero-order chi connectivity index (χ0) is 10.7. The van der Waals surface area contributed by atoms with Crippen LogP contribution in [0.1, 0.15) is 40.0 Å². The van der Waals surface area contributed by atoms with E-state index in [-0.39, 0.29) is 5.54 Å². The fourth-order valence-electron chi connectivity index (χ4n) is 2.62. The van der Waals surface area contributed by atoms with Gasteiger partial charge in [-0.3, -0.25) is 0 Å². The first-order chi connectivity index (χ1) is 5.81. The largest absolute Gasteiger partial charge is 0.333 e. The summed E-state index contributed by atoms with van der Waals surface area (Å²) in [5.41, 5.74) is 16.8. The fraction of sp³-hybridized carbons (Fsp3) is 1.00. The summed E-state index contributed by atoms with van der Waals surface area (Å²) in [6.45, 7) is 6.60. The van der Waals surface area contributed by atoms with Crippen LogP contribution in [0.3, 0.4) is 0 Å². The lowest BCUT2D eigenvalue weighted by molar-refractivity contribution is 0.145. The van der Waals surface area contributed by atoms with Gasteiger partial charge in [-0.2, -0.15) is 0 Å².